The average Bonchev–Trinajstić information content (AvgIpc) is 2.94. The summed E-state index contributed by atoms with van der Waals surface area (Å²) in [6.45, 7) is 4.50. The summed E-state index contributed by atoms with van der Waals surface area (Å²) in [6, 6.07) is 5.64. The average molecular weight is 339 g/mol. The smallest absolute Gasteiger partial charge is 0.239 e. The van der Waals surface area contributed by atoms with Crippen LogP contribution in [0.1, 0.15) is 19.7 Å². The highest BCUT2D eigenvalue weighted by atomic mass is 32.2. The number of benzene rings is 1. The molecule has 0 aliphatic carbocycles. The van der Waals surface area contributed by atoms with E-state index in [1.807, 2.05) is 13.8 Å². The van der Waals surface area contributed by atoms with Crippen LogP contribution in [0.2, 0.25) is 0 Å². The van der Waals surface area contributed by atoms with Crippen molar-refractivity contribution in [3.63, 3.8) is 0 Å². The van der Waals surface area contributed by atoms with E-state index in [0.717, 1.165) is 0 Å². The van der Waals surface area contributed by atoms with Crippen LogP contribution in [-0.2, 0) is 21.3 Å². The van der Waals surface area contributed by atoms with E-state index in [1.165, 1.54) is 24.3 Å². The number of carbonyl (C=O) groups excluding carboxylic acids is 1. The van der Waals surface area contributed by atoms with E-state index in [0.29, 0.717) is 23.9 Å². The van der Waals surface area contributed by atoms with E-state index in [-0.39, 0.29) is 29.1 Å². The number of amides is 1. The van der Waals surface area contributed by atoms with E-state index >= 15 is 0 Å². The fraction of sp³-hybridized carbons (Fsp3) is 0.400. The summed E-state index contributed by atoms with van der Waals surface area (Å²) in [5.74, 6) is 0.0769. The predicted octanol–water partition coefficient (Wildman–Crippen LogP) is 1.90. The van der Waals surface area contributed by atoms with Crippen molar-refractivity contribution < 1.29 is 17.9 Å². The van der Waals surface area contributed by atoms with E-state index in [2.05, 4.69) is 15.5 Å². The van der Waals surface area contributed by atoms with Gasteiger partial charge in [0.1, 0.15) is 17.3 Å². The van der Waals surface area contributed by atoms with Gasteiger partial charge in [0, 0.05) is 22.9 Å². The molecule has 124 valence electrons. The number of nitrogens with zero attached hydrogens (tertiary/aromatic N) is 2. The first kappa shape index (κ1) is 17.3. The van der Waals surface area contributed by atoms with Crippen molar-refractivity contribution in [2.24, 2.45) is 5.92 Å². The number of carbonyl (C=O) groups is 1. The summed E-state index contributed by atoms with van der Waals surface area (Å²) in [6.07, 6.45) is 0. The van der Waals surface area contributed by atoms with Gasteiger partial charge in [0.05, 0.1) is 0 Å². The van der Waals surface area contributed by atoms with Crippen LogP contribution in [0.15, 0.2) is 28.8 Å². The molecule has 1 heterocycles. The maximum absolute atomic E-state index is 12.9. The van der Waals surface area contributed by atoms with E-state index in [4.69, 9.17) is 4.52 Å². The van der Waals surface area contributed by atoms with E-state index in [9.17, 15) is 13.4 Å². The fourth-order valence-electron chi connectivity index (χ4n) is 1.73. The molecule has 2 rings (SSSR count). The Morgan fingerprint density at radius 1 is 1.35 bits per heavy atom. The quantitative estimate of drug-likeness (QED) is 0.833. The Morgan fingerprint density at radius 2 is 2.04 bits per heavy atom. The lowest BCUT2D eigenvalue weighted by Crippen LogP contribution is -2.31. The fourth-order valence-corrected chi connectivity index (χ4v) is 2.62. The van der Waals surface area contributed by atoms with Gasteiger partial charge >= 0.3 is 0 Å². The van der Waals surface area contributed by atoms with Crippen LogP contribution in [0.25, 0.3) is 11.4 Å². The molecular formula is C15H18FN3O3S. The maximum atomic E-state index is 12.9. The summed E-state index contributed by atoms with van der Waals surface area (Å²) in [5, 5.41) is 6.47. The normalized spacial score (nSPS) is 12.3. The number of nitrogens with one attached hydrogen (secondary N) is 1. The first-order valence-corrected chi connectivity index (χ1v) is 8.63. The van der Waals surface area contributed by atoms with Gasteiger partial charge in [-0.05, 0) is 30.2 Å². The van der Waals surface area contributed by atoms with Gasteiger partial charge in [0.2, 0.25) is 17.6 Å². The molecule has 1 aromatic heterocycles. The van der Waals surface area contributed by atoms with Crippen LogP contribution in [0.5, 0.6) is 0 Å². The number of hydrogen-bond donors (Lipinski definition) is 1. The zero-order valence-electron chi connectivity index (χ0n) is 12.9. The predicted molar refractivity (Wildman–Crippen MR) is 84.3 cm³/mol. The Hall–Kier alpha value is -2.09. The molecule has 0 unspecified atom stereocenters. The number of aromatic nitrogens is 2. The first-order valence-electron chi connectivity index (χ1n) is 7.14. The highest BCUT2D eigenvalue weighted by molar-refractivity contribution is 7.84. The first-order chi connectivity index (χ1) is 10.9. The second-order valence-corrected chi connectivity index (χ2v) is 6.90. The molecule has 1 N–H and O–H groups in total. The van der Waals surface area contributed by atoms with E-state index in [1.54, 1.807) is 0 Å². The van der Waals surface area contributed by atoms with Gasteiger partial charge in [-0.25, -0.2) is 4.39 Å². The van der Waals surface area contributed by atoms with Crippen LogP contribution in [0, 0.1) is 11.7 Å². The van der Waals surface area contributed by atoms with E-state index < -0.39 is 10.8 Å². The molecule has 0 fully saturated rings. The molecule has 0 radical (unpaired) electrons. The van der Waals surface area contributed by atoms with Crippen molar-refractivity contribution in [1.29, 1.82) is 0 Å². The Bertz CT molecular complexity index is 686. The Kier molecular flexibility index (Phi) is 5.97. The lowest BCUT2D eigenvalue weighted by Gasteiger charge is -2.06. The molecule has 0 aliphatic heterocycles. The maximum Gasteiger partial charge on any atom is 0.239 e. The zero-order valence-corrected chi connectivity index (χ0v) is 13.7. The Balaban J connectivity index is 1.90. The molecule has 2 aromatic rings. The van der Waals surface area contributed by atoms with Gasteiger partial charge < -0.3 is 9.84 Å². The summed E-state index contributed by atoms with van der Waals surface area (Å²) < 4.78 is 29.8. The second kappa shape index (κ2) is 7.96. The number of rotatable bonds is 7. The lowest BCUT2D eigenvalue weighted by molar-refractivity contribution is -0.118. The molecule has 0 saturated heterocycles. The summed E-state index contributed by atoms with van der Waals surface area (Å²) >= 11 is 0. The third-order valence-electron chi connectivity index (χ3n) is 2.85. The van der Waals surface area contributed by atoms with Crippen LogP contribution < -0.4 is 5.32 Å². The van der Waals surface area contributed by atoms with Crippen molar-refractivity contribution in [2.75, 3.05) is 12.3 Å². The number of halogens is 1. The standard InChI is InChI=1S/C15H18FN3O3S/c1-10(2)7-17-13(20)8-23(21)9-14-18-15(19-22-14)11-3-5-12(16)6-4-11/h3-6,10H,7-9H2,1-2H3,(H,17,20)/t23-/m1/s1. The minimum Gasteiger partial charge on any atom is -0.355 e. The van der Waals surface area contributed by atoms with Gasteiger partial charge in [-0.3, -0.25) is 9.00 Å². The van der Waals surface area contributed by atoms with Crippen molar-refractivity contribution in [3.8, 4) is 11.4 Å². The monoisotopic (exact) mass is 339 g/mol. The Morgan fingerprint density at radius 3 is 2.70 bits per heavy atom. The van der Waals surface area contributed by atoms with Crippen molar-refractivity contribution in [2.45, 2.75) is 19.6 Å². The minimum atomic E-state index is -1.43. The van der Waals surface area contributed by atoms with Crippen LogP contribution in [0.3, 0.4) is 0 Å². The summed E-state index contributed by atoms with van der Waals surface area (Å²) in [4.78, 5) is 15.7. The molecule has 1 atom stereocenters. The number of hydrogen-bond acceptors (Lipinski definition) is 5. The minimum absolute atomic E-state index is 0.00327. The lowest BCUT2D eigenvalue weighted by atomic mass is 10.2. The van der Waals surface area contributed by atoms with Gasteiger partial charge in [-0.1, -0.05) is 19.0 Å². The van der Waals surface area contributed by atoms with Gasteiger partial charge in [0.25, 0.3) is 0 Å². The molecule has 6 nitrogen and oxygen atoms in total. The molecule has 1 amide bonds. The summed E-state index contributed by atoms with van der Waals surface area (Å²) in [5.41, 5.74) is 0.599. The second-order valence-electron chi connectivity index (χ2n) is 5.45. The van der Waals surface area contributed by atoms with Crippen molar-refractivity contribution >= 4 is 16.7 Å². The van der Waals surface area contributed by atoms with Crippen molar-refractivity contribution in [3.05, 3.63) is 36.0 Å². The highest BCUT2D eigenvalue weighted by Gasteiger charge is 2.14. The largest absolute Gasteiger partial charge is 0.355 e. The molecule has 0 spiro atoms. The molecule has 1 aromatic carbocycles. The van der Waals surface area contributed by atoms with Gasteiger partial charge in [0.15, 0.2) is 0 Å². The molecule has 0 saturated carbocycles. The van der Waals surface area contributed by atoms with Crippen LogP contribution >= 0.6 is 0 Å². The SMILES string of the molecule is CC(C)CNC(=O)C[S@@](=O)Cc1nc(-c2ccc(F)cc2)no1. The molecule has 0 aliphatic rings. The molecule has 0 bridgehead atoms. The third kappa shape index (κ3) is 5.55. The van der Waals surface area contributed by atoms with Crippen LogP contribution in [0.4, 0.5) is 4.39 Å². The third-order valence-corrected chi connectivity index (χ3v) is 4.01. The molecule has 23 heavy (non-hydrogen) atoms. The zero-order chi connectivity index (χ0) is 16.8. The van der Waals surface area contributed by atoms with Crippen LogP contribution in [-0.4, -0.2) is 32.6 Å². The molecular weight excluding hydrogens is 321 g/mol. The summed E-state index contributed by atoms with van der Waals surface area (Å²) in [7, 11) is -1.43. The van der Waals surface area contributed by atoms with Gasteiger partial charge in [-0.15, -0.1) is 0 Å². The highest BCUT2D eigenvalue weighted by Crippen LogP contribution is 2.16. The topological polar surface area (TPSA) is 85.1 Å². The molecule has 8 heteroatoms. The Labute approximate surface area is 135 Å². The van der Waals surface area contributed by atoms with Crippen molar-refractivity contribution in [1.82, 2.24) is 15.5 Å². The van der Waals surface area contributed by atoms with Gasteiger partial charge in [-0.2, -0.15) is 4.98 Å².